The monoisotopic (exact) mass is 572 g/mol. The molecule has 9 heteroatoms. The number of hydrogen-bond acceptors (Lipinski definition) is 4. The third-order valence-electron chi connectivity index (χ3n) is 8.26. The summed E-state index contributed by atoms with van der Waals surface area (Å²) < 4.78 is 45.2. The van der Waals surface area contributed by atoms with E-state index in [2.05, 4.69) is 9.71 Å². The van der Waals surface area contributed by atoms with Crippen LogP contribution in [0.2, 0.25) is 0 Å². The number of amides is 1. The highest BCUT2D eigenvalue weighted by atomic mass is 32.2. The fourth-order valence-corrected chi connectivity index (χ4v) is 7.06. The number of carbonyl (C=O) groups excluding carboxylic acids is 1. The molecule has 1 amide bonds. The second-order valence-electron chi connectivity index (χ2n) is 11.1. The van der Waals surface area contributed by atoms with Crippen LogP contribution in [0.3, 0.4) is 0 Å². The molecule has 41 heavy (non-hydrogen) atoms. The molecule has 2 aliphatic carbocycles. The van der Waals surface area contributed by atoms with Crippen molar-refractivity contribution in [1.82, 2.24) is 14.3 Å². The molecule has 1 heterocycles. The molecule has 1 fully saturated rings. The van der Waals surface area contributed by atoms with Gasteiger partial charge >= 0.3 is 0 Å². The lowest BCUT2D eigenvalue weighted by Crippen LogP contribution is -2.34. The first-order valence-corrected chi connectivity index (χ1v) is 15.4. The number of hydrogen-bond donors (Lipinski definition) is 1. The second-order valence-corrected chi connectivity index (χ2v) is 12.9. The lowest BCUT2D eigenvalue weighted by molar-refractivity contribution is -0.120. The van der Waals surface area contributed by atoms with Crippen molar-refractivity contribution in [3.05, 3.63) is 113 Å². The zero-order valence-electron chi connectivity index (χ0n) is 23.1. The fourth-order valence-electron chi connectivity index (χ4n) is 5.81. The average molecular weight is 573 g/mol. The molecule has 1 aromatic heterocycles. The van der Waals surface area contributed by atoms with E-state index in [1.807, 2.05) is 49.0 Å². The molecule has 212 valence electrons. The van der Waals surface area contributed by atoms with E-state index in [1.54, 1.807) is 41.4 Å². The molecule has 1 N–H and O–H groups in total. The SMILES string of the molecule is Cc1ccc(S(=O)(=O)N[C@H]2CCCc3ccc(N(Cc4nccn4C)C(=O)[C@H]4C[C@@H]4c4cccc(F)c4)cc32)cc1. The van der Waals surface area contributed by atoms with Gasteiger partial charge in [0.2, 0.25) is 15.9 Å². The number of anilines is 1. The van der Waals surface area contributed by atoms with E-state index in [9.17, 15) is 17.6 Å². The molecule has 3 atom stereocenters. The summed E-state index contributed by atoms with van der Waals surface area (Å²) in [6.07, 6.45) is 6.57. The Kier molecular flexibility index (Phi) is 7.25. The number of aromatic nitrogens is 2. The van der Waals surface area contributed by atoms with Crippen molar-refractivity contribution in [3.8, 4) is 0 Å². The predicted molar refractivity (Wildman–Crippen MR) is 155 cm³/mol. The van der Waals surface area contributed by atoms with Gasteiger partial charge in [0.25, 0.3) is 0 Å². The predicted octanol–water partition coefficient (Wildman–Crippen LogP) is 5.56. The van der Waals surface area contributed by atoms with Crippen LogP contribution in [0.25, 0.3) is 0 Å². The molecule has 0 spiro atoms. The average Bonchev–Trinajstić information content (AvgIpc) is 3.66. The number of aryl methyl sites for hydroxylation is 3. The van der Waals surface area contributed by atoms with Gasteiger partial charge in [0.15, 0.2) is 0 Å². The van der Waals surface area contributed by atoms with Crippen LogP contribution in [0.5, 0.6) is 0 Å². The molecule has 3 aromatic carbocycles. The summed E-state index contributed by atoms with van der Waals surface area (Å²) in [5, 5.41) is 0. The number of carbonyl (C=O) groups is 1. The number of benzene rings is 3. The number of fused-ring (bicyclic) bond motifs is 1. The largest absolute Gasteiger partial charge is 0.337 e. The normalized spacial score (nSPS) is 19.9. The first-order chi connectivity index (χ1) is 19.7. The molecule has 1 saturated carbocycles. The molecule has 0 unspecified atom stereocenters. The third kappa shape index (κ3) is 5.69. The highest BCUT2D eigenvalue weighted by Crippen LogP contribution is 2.49. The van der Waals surface area contributed by atoms with Gasteiger partial charge in [-0.25, -0.2) is 22.5 Å². The zero-order valence-corrected chi connectivity index (χ0v) is 23.9. The number of nitrogens with one attached hydrogen (secondary N) is 1. The first-order valence-electron chi connectivity index (χ1n) is 13.9. The fraction of sp³-hybridized carbons (Fsp3) is 0.312. The Morgan fingerprint density at radius 2 is 1.93 bits per heavy atom. The minimum Gasteiger partial charge on any atom is -0.337 e. The van der Waals surface area contributed by atoms with Gasteiger partial charge in [-0.05, 0) is 91.6 Å². The molecular formula is C32H33FN4O3S. The highest BCUT2D eigenvalue weighted by Gasteiger charge is 2.46. The Labute approximate surface area is 240 Å². The molecule has 6 rings (SSSR count). The van der Waals surface area contributed by atoms with Gasteiger partial charge in [-0.2, -0.15) is 0 Å². The van der Waals surface area contributed by atoms with E-state index < -0.39 is 16.1 Å². The smallest absolute Gasteiger partial charge is 0.241 e. The second kappa shape index (κ2) is 10.9. The summed E-state index contributed by atoms with van der Waals surface area (Å²) in [7, 11) is -1.85. The van der Waals surface area contributed by atoms with Gasteiger partial charge in [0.05, 0.1) is 11.4 Å². The van der Waals surface area contributed by atoms with Gasteiger partial charge in [0.1, 0.15) is 11.6 Å². The van der Waals surface area contributed by atoms with Gasteiger partial charge in [-0.15, -0.1) is 0 Å². The van der Waals surface area contributed by atoms with Crippen LogP contribution in [0.15, 0.2) is 84.0 Å². The van der Waals surface area contributed by atoms with Crippen LogP contribution in [-0.4, -0.2) is 23.9 Å². The Bertz CT molecular complexity index is 1700. The third-order valence-corrected chi connectivity index (χ3v) is 9.74. The summed E-state index contributed by atoms with van der Waals surface area (Å²) >= 11 is 0. The zero-order chi connectivity index (χ0) is 28.7. The van der Waals surface area contributed by atoms with Crippen molar-refractivity contribution in [3.63, 3.8) is 0 Å². The van der Waals surface area contributed by atoms with Crippen molar-refractivity contribution >= 4 is 21.6 Å². The summed E-state index contributed by atoms with van der Waals surface area (Å²) in [4.78, 5) is 20.4. The van der Waals surface area contributed by atoms with Gasteiger partial charge in [0, 0.05) is 37.1 Å². The Morgan fingerprint density at radius 3 is 2.66 bits per heavy atom. The summed E-state index contributed by atoms with van der Waals surface area (Å²) in [5.74, 6) is 0.0856. The van der Waals surface area contributed by atoms with E-state index in [0.717, 1.165) is 40.9 Å². The quantitative estimate of drug-likeness (QED) is 0.300. The van der Waals surface area contributed by atoms with Crippen LogP contribution in [0.4, 0.5) is 10.1 Å². The number of sulfonamides is 1. The van der Waals surface area contributed by atoms with Crippen LogP contribution in [0, 0.1) is 18.7 Å². The summed E-state index contributed by atoms with van der Waals surface area (Å²) in [6, 6.07) is 18.8. The Morgan fingerprint density at radius 1 is 1.12 bits per heavy atom. The number of nitrogens with zero attached hydrogens (tertiary/aromatic N) is 3. The first kappa shape index (κ1) is 27.4. The lowest BCUT2D eigenvalue weighted by atomic mass is 9.87. The van der Waals surface area contributed by atoms with Gasteiger partial charge in [-0.1, -0.05) is 35.9 Å². The van der Waals surface area contributed by atoms with E-state index in [4.69, 9.17) is 0 Å². The molecule has 4 aromatic rings. The number of imidazole rings is 1. The molecule has 0 bridgehead atoms. The van der Waals surface area contributed by atoms with Crippen LogP contribution >= 0.6 is 0 Å². The molecule has 0 aliphatic heterocycles. The number of halogens is 1. The highest BCUT2D eigenvalue weighted by molar-refractivity contribution is 7.89. The number of rotatable bonds is 8. The lowest BCUT2D eigenvalue weighted by Gasteiger charge is -2.29. The molecular weight excluding hydrogens is 539 g/mol. The maximum atomic E-state index is 14.0. The Balaban J connectivity index is 1.31. The van der Waals surface area contributed by atoms with Gasteiger partial charge in [-0.3, -0.25) is 4.79 Å². The molecule has 2 aliphatic rings. The topological polar surface area (TPSA) is 84.3 Å². The van der Waals surface area contributed by atoms with Crippen LogP contribution in [0.1, 0.15) is 59.3 Å². The van der Waals surface area contributed by atoms with E-state index in [0.29, 0.717) is 18.5 Å². The minimum atomic E-state index is -3.73. The van der Waals surface area contributed by atoms with E-state index in [1.165, 1.54) is 12.1 Å². The standard InChI is InChI=1S/C32H33FN4O3S/c1-21-9-13-26(14-10-21)41(39,40)35-30-8-4-5-22-11-12-25(18-28(22)30)37(20-31-34-15-16-36(31)2)32(38)29-19-27(29)23-6-3-7-24(33)17-23/h3,6-7,9-18,27,29-30,35H,4-5,8,19-20H2,1-2H3/t27-,29+,30+/m1/s1. The van der Waals surface area contributed by atoms with Gasteiger partial charge < -0.3 is 9.47 Å². The van der Waals surface area contributed by atoms with Crippen LogP contribution < -0.4 is 9.62 Å². The molecule has 0 saturated heterocycles. The van der Waals surface area contributed by atoms with Crippen molar-refractivity contribution < 1.29 is 17.6 Å². The maximum Gasteiger partial charge on any atom is 0.241 e. The van der Waals surface area contributed by atoms with Crippen molar-refractivity contribution in [2.24, 2.45) is 13.0 Å². The summed E-state index contributed by atoms with van der Waals surface area (Å²) in [5.41, 5.74) is 4.48. The van der Waals surface area contributed by atoms with Crippen molar-refractivity contribution in [2.75, 3.05) is 4.90 Å². The van der Waals surface area contributed by atoms with Crippen molar-refractivity contribution in [1.29, 1.82) is 0 Å². The van der Waals surface area contributed by atoms with Crippen molar-refractivity contribution in [2.45, 2.75) is 56.0 Å². The van der Waals surface area contributed by atoms with Crippen LogP contribution in [-0.2, 0) is 34.8 Å². The summed E-state index contributed by atoms with van der Waals surface area (Å²) in [6.45, 7) is 2.19. The molecule has 0 radical (unpaired) electrons. The van der Waals surface area contributed by atoms with E-state index >= 15 is 0 Å². The minimum absolute atomic E-state index is 0.0336. The Hall–Kier alpha value is -3.82. The van der Waals surface area contributed by atoms with E-state index in [-0.39, 0.29) is 35.0 Å². The maximum absolute atomic E-state index is 14.0. The molecule has 7 nitrogen and oxygen atoms in total.